The summed E-state index contributed by atoms with van der Waals surface area (Å²) in [5.41, 5.74) is 1.03. The molecule has 1 unspecified atom stereocenters. The van der Waals surface area contributed by atoms with E-state index in [-0.39, 0.29) is 18.0 Å². The predicted octanol–water partition coefficient (Wildman–Crippen LogP) is 0.632. The fourth-order valence-corrected chi connectivity index (χ4v) is 2.18. The Labute approximate surface area is 127 Å². The molecule has 0 saturated heterocycles. The number of quaternary nitrogens is 1. The molecule has 0 bridgehead atoms. The number of benzene rings is 1. The van der Waals surface area contributed by atoms with E-state index in [4.69, 9.17) is 9.47 Å². The number of hydrogen-bond donors (Lipinski definition) is 2. The molecule has 1 aromatic rings. The van der Waals surface area contributed by atoms with Crippen LogP contribution in [0.2, 0.25) is 0 Å². The lowest BCUT2D eigenvalue weighted by Gasteiger charge is -2.23. The van der Waals surface area contributed by atoms with Gasteiger partial charge < -0.3 is 19.7 Å². The van der Waals surface area contributed by atoms with Gasteiger partial charge in [0.1, 0.15) is 6.54 Å². The number of hydrogen-bond acceptors (Lipinski definition) is 3. The Balaban J connectivity index is 2.83. The molecular weight excluding hydrogens is 268 g/mol. The summed E-state index contributed by atoms with van der Waals surface area (Å²) in [7, 11) is 5.26. The number of carbonyl (C=O) groups excluding carboxylic acids is 1. The number of para-hydroxylation sites is 1. The predicted molar refractivity (Wildman–Crippen MR) is 82.9 cm³/mol. The van der Waals surface area contributed by atoms with Crippen LogP contribution >= 0.6 is 0 Å². The topological polar surface area (TPSA) is 52.0 Å². The van der Waals surface area contributed by atoms with Crippen LogP contribution in [-0.4, -0.2) is 39.3 Å². The Hall–Kier alpha value is -1.75. The van der Waals surface area contributed by atoms with Gasteiger partial charge in [-0.25, -0.2) is 0 Å². The van der Waals surface area contributed by atoms with E-state index in [1.54, 1.807) is 14.2 Å². The van der Waals surface area contributed by atoms with Crippen molar-refractivity contribution >= 4 is 5.91 Å². The maximum atomic E-state index is 12.1. The average molecular weight is 295 g/mol. The second kappa shape index (κ2) is 7.88. The monoisotopic (exact) mass is 295 g/mol. The van der Waals surface area contributed by atoms with E-state index in [0.717, 1.165) is 16.2 Å². The average Bonchev–Trinajstić information content (AvgIpc) is 2.45. The van der Waals surface area contributed by atoms with Crippen LogP contribution in [0.5, 0.6) is 11.5 Å². The van der Waals surface area contributed by atoms with Crippen molar-refractivity contribution in [2.24, 2.45) is 0 Å². The highest BCUT2D eigenvalue weighted by molar-refractivity contribution is 5.80. The van der Waals surface area contributed by atoms with Gasteiger partial charge in [-0.05, 0) is 32.9 Å². The van der Waals surface area contributed by atoms with E-state index in [0.29, 0.717) is 12.3 Å². The van der Waals surface area contributed by atoms with Gasteiger partial charge in [0, 0.05) is 6.04 Å². The van der Waals surface area contributed by atoms with Crippen molar-refractivity contribution in [3.05, 3.63) is 23.8 Å². The zero-order valence-electron chi connectivity index (χ0n) is 13.8. The minimum Gasteiger partial charge on any atom is -0.493 e. The Bertz CT molecular complexity index is 475. The van der Waals surface area contributed by atoms with Crippen LogP contribution in [0.15, 0.2) is 18.2 Å². The number of ether oxygens (including phenoxy) is 2. The van der Waals surface area contributed by atoms with Crippen molar-refractivity contribution in [1.29, 1.82) is 0 Å². The smallest absolute Gasteiger partial charge is 0.278 e. The van der Waals surface area contributed by atoms with Gasteiger partial charge in [0.2, 0.25) is 0 Å². The molecule has 0 saturated carbocycles. The van der Waals surface area contributed by atoms with Crippen LogP contribution in [0, 0.1) is 0 Å². The number of nitrogens with one attached hydrogen (secondary N) is 2. The summed E-state index contributed by atoms with van der Waals surface area (Å²) in [6.07, 6.45) is 0. The summed E-state index contributed by atoms with van der Waals surface area (Å²) in [5.74, 6) is 1.50. The van der Waals surface area contributed by atoms with Gasteiger partial charge in [0.05, 0.1) is 26.8 Å². The molecule has 21 heavy (non-hydrogen) atoms. The first-order chi connectivity index (χ1) is 9.90. The second-order valence-corrected chi connectivity index (χ2v) is 5.56. The van der Waals surface area contributed by atoms with Crippen LogP contribution in [0.1, 0.15) is 26.3 Å². The van der Waals surface area contributed by atoms with E-state index in [9.17, 15) is 4.79 Å². The fourth-order valence-electron chi connectivity index (χ4n) is 2.18. The Morgan fingerprint density at radius 2 is 1.90 bits per heavy atom. The van der Waals surface area contributed by atoms with Crippen molar-refractivity contribution in [1.82, 2.24) is 5.32 Å². The number of amides is 1. The van der Waals surface area contributed by atoms with Gasteiger partial charge in [-0.1, -0.05) is 6.07 Å². The maximum Gasteiger partial charge on any atom is 0.278 e. The van der Waals surface area contributed by atoms with Gasteiger partial charge in [-0.2, -0.15) is 0 Å². The van der Waals surface area contributed by atoms with E-state index in [1.807, 2.05) is 46.0 Å². The van der Waals surface area contributed by atoms with Crippen LogP contribution in [0.3, 0.4) is 0 Å². The zero-order chi connectivity index (χ0) is 16.0. The lowest BCUT2D eigenvalue weighted by atomic mass is 10.1. The molecule has 5 heteroatoms. The molecule has 0 radical (unpaired) electrons. The molecule has 2 N–H and O–H groups in total. The molecular formula is C16H27N2O3+. The summed E-state index contributed by atoms with van der Waals surface area (Å²) in [6.45, 7) is 6.54. The van der Waals surface area contributed by atoms with E-state index in [2.05, 4.69) is 5.32 Å². The summed E-state index contributed by atoms with van der Waals surface area (Å²) >= 11 is 0. The quantitative estimate of drug-likeness (QED) is 0.776. The zero-order valence-corrected chi connectivity index (χ0v) is 13.8. The van der Waals surface area contributed by atoms with Crippen molar-refractivity contribution in [2.45, 2.75) is 39.4 Å². The normalized spacial score (nSPS) is 13.7. The number of rotatable bonds is 7. The maximum absolute atomic E-state index is 12.1. The van der Waals surface area contributed by atoms with Gasteiger partial charge in [0.25, 0.3) is 5.91 Å². The molecule has 2 atom stereocenters. The molecule has 0 aliphatic carbocycles. The highest BCUT2D eigenvalue weighted by Crippen LogP contribution is 2.30. The molecule has 0 spiro atoms. The van der Waals surface area contributed by atoms with Crippen LogP contribution in [0.4, 0.5) is 0 Å². The van der Waals surface area contributed by atoms with Crippen molar-refractivity contribution in [3.63, 3.8) is 0 Å². The van der Waals surface area contributed by atoms with Crippen LogP contribution in [0.25, 0.3) is 0 Å². The molecule has 118 valence electrons. The Kier molecular flexibility index (Phi) is 6.49. The fraction of sp³-hybridized carbons (Fsp3) is 0.562. The number of carbonyl (C=O) groups is 1. The molecule has 0 aliphatic heterocycles. The summed E-state index contributed by atoms with van der Waals surface area (Å²) in [4.78, 5) is 13.2. The summed E-state index contributed by atoms with van der Waals surface area (Å²) < 4.78 is 10.7. The van der Waals surface area contributed by atoms with E-state index in [1.165, 1.54) is 0 Å². The third-order valence-electron chi connectivity index (χ3n) is 3.52. The van der Waals surface area contributed by atoms with Gasteiger partial charge in [-0.3, -0.25) is 4.79 Å². The summed E-state index contributed by atoms with van der Waals surface area (Å²) in [6, 6.07) is 5.82. The molecule has 0 aromatic heterocycles. The molecule has 0 aliphatic rings. The third kappa shape index (κ3) is 4.63. The highest BCUT2D eigenvalue weighted by Gasteiger charge is 2.24. The van der Waals surface area contributed by atoms with Crippen molar-refractivity contribution in [3.8, 4) is 11.5 Å². The lowest BCUT2D eigenvalue weighted by Crippen LogP contribution is -3.12. The molecule has 1 amide bonds. The summed E-state index contributed by atoms with van der Waals surface area (Å²) in [5, 5.41) is 2.94. The van der Waals surface area contributed by atoms with Crippen LogP contribution in [-0.2, 0) is 11.3 Å². The van der Waals surface area contributed by atoms with Gasteiger partial charge in [-0.15, -0.1) is 0 Å². The second-order valence-electron chi connectivity index (χ2n) is 5.56. The SMILES string of the molecule is COc1cccc(C[NH+](C)[C@H](C)C(=O)NC(C)C)c1OC. The van der Waals surface area contributed by atoms with Gasteiger partial charge >= 0.3 is 0 Å². The largest absolute Gasteiger partial charge is 0.493 e. The Morgan fingerprint density at radius 3 is 2.43 bits per heavy atom. The third-order valence-corrected chi connectivity index (χ3v) is 3.52. The minimum atomic E-state index is -0.136. The first-order valence-electron chi connectivity index (χ1n) is 7.23. The lowest BCUT2D eigenvalue weighted by molar-refractivity contribution is -0.908. The molecule has 0 heterocycles. The molecule has 1 rings (SSSR count). The Morgan fingerprint density at radius 1 is 1.24 bits per heavy atom. The first kappa shape index (κ1) is 17.3. The van der Waals surface area contributed by atoms with Gasteiger partial charge in [0.15, 0.2) is 17.5 Å². The van der Waals surface area contributed by atoms with E-state index < -0.39 is 0 Å². The molecule has 5 nitrogen and oxygen atoms in total. The van der Waals surface area contributed by atoms with Crippen molar-refractivity contribution < 1.29 is 19.2 Å². The van der Waals surface area contributed by atoms with Crippen molar-refractivity contribution in [2.75, 3.05) is 21.3 Å². The number of methoxy groups -OCH3 is 2. The van der Waals surface area contributed by atoms with E-state index >= 15 is 0 Å². The minimum absolute atomic E-state index is 0.0596. The molecule has 1 aromatic carbocycles. The highest BCUT2D eigenvalue weighted by atomic mass is 16.5. The van der Waals surface area contributed by atoms with Crippen LogP contribution < -0.4 is 19.7 Å². The molecule has 0 fully saturated rings. The first-order valence-corrected chi connectivity index (χ1v) is 7.23. The standard InChI is InChI=1S/C16H26N2O3/c1-11(2)17-16(19)12(3)18(4)10-13-8-7-9-14(20-5)15(13)21-6/h7-9,11-12H,10H2,1-6H3,(H,17,19)/p+1/t12-/m1/s1. The number of likely N-dealkylation sites (N-methyl/N-ethyl adjacent to an activating group) is 1.